The van der Waals surface area contributed by atoms with Gasteiger partial charge in [0, 0.05) is 12.6 Å². The lowest BCUT2D eigenvalue weighted by Crippen LogP contribution is -2.19. The van der Waals surface area contributed by atoms with Gasteiger partial charge in [0.1, 0.15) is 5.50 Å². The minimum absolute atomic E-state index is 0.00463. The first-order valence-corrected chi connectivity index (χ1v) is 3.31. The lowest BCUT2D eigenvalue weighted by Gasteiger charge is -2.15. The molecule has 2 nitrogen and oxygen atoms in total. The molecule has 9 heavy (non-hydrogen) atoms. The Morgan fingerprint density at radius 3 is 2.78 bits per heavy atom. The average Bonchev–Trinajstić information content (AvgIpc) is 2.10. The van der Waals surface area contributed by atoms with Crippen molar-refractivity contribution in [1.29, 1.82) is 0 Å². The Hall–Kier alpha value is -0.210. The highest BCUT2D eigenvalue weighted by molar-refractivity contribution is 6.20. The molecule has 1 heterocycles. The van der Waals surface area contributed by atoms with Gasteiger partial charge in [-0.2, -0.15) is 0 Å². The maximum Gasteiger partial charge on any atom is 0.133 e. The van der Waals surface area contributed by atoms with Crippen LogP contribution in [-0.2, 0) is 4.84 Å². The third kappa shape index (κ3) is 1.37. The van der Waals surface area contributed by atoms with E-state index in [1.807, 2.05) is 13.1 Å². The van der Waals surface area contributed by atoms with Crippen molar-refractivity contribution in [1.82, 2.24) is 5.06 Å². The van der Waals surface area contributed by atoms with Gasteiger partial charge in [-0.3, -0.25) is 4.84 Å². The molecule has 0 radical (unpaired) electrons. The molecule has 52 valence electrons. The normalized spacial score (nSPS) is 26.8. The van der Waals surface area contributed by atoms with Crippen LogP contribution in [0.2, 0.25) is 0 Å². The lowest BCUT2D eigenvalue weighted by atomic mass is 10.3. The van der Waals surface area contributed by atoms with E-state index < -0.39 is 0 Å². The maximum absolute atomic E-state index is 5.82. The van der Waals surface area contributed by atoms with E-state index in [9.17, 15) is 0 Å². The number of alkyl halides is 1. The Morgan fingerprint density at radius 2 is 2.56 bits per heavy atom. The molecule has 0 N–H and O–H groups in total. The molecule has 1 rings (SSSR count). The van der Waals surface area contributed by atoms with Gasteiger partial charge in [0.25, 0.3) is 0 Å². The van der Waals surface area contributed by atoms with Crippen LogP contribution in [0.5, 0.6) is 0 Å². The summed E-state index contributed by atoms with van der Waals surface area (Å²) in [5.74, 6) is 0. The van der Waals surface area contributed by atoms with Crippen molar-refractivity contribution in [2.75, 3.05) is 7.11 Å². The van der Waals surface area contributed by atoms with E-state index in [0.717, 1.165) is 6.42 Å². The first-order chi connectivity index (χ1) is 4.24. The molecule has 0 bridgehead atoms. The first-order valence-electron chi connectivity index (χ1n) is 2.88. The van der Waals surface area contributed by atoms with E-state index in [0.29, 0.717) is 0 Å². The SMILES string of the molecule is CON1C=C(C)CC1Cl. The summed E-state index contributed by atoms with van der Waals surface area (Å²) in [5.41, 5.74) is 1.26. The Bertz CT molecular complexity index is 135. The van der Waals surface area contributed by atoms with Crippen molar-refractivity contribution in [3.05, 3.63) is 11.8 Å². The van der Waals surface area contributed by atoms with Crippen molar-refractivity contribution < 1.29 is 4.84 Å². The van der Waals surface area contributed by atoms with Crippen LogP contribution in [0, 0.1) is 0 Å². The summed E-state index contributed by atoms with van der Waals surface area (Å²) in [6.45, 7) is 2.04. The molecule has 1 unspecified atom stereocenters. The average molecular weight is 148 g/mol. The summed E-state index contributed by atoms with van der Waals surface area (Å²) in [4.78, 5) is 4.92. The molecule has 0 aromatic carbocycles. The van der Waals surface area contributed by atoms with Crippen molar-refractivity contribution in [2.45, 2.75) is 18.8 Å². The molecule has 0 aromatic heterocycles. The predicted octanol–water partition coefficient (Wildman–Crippen LogP) is 1.72. The molecule has 0 amide bonds. The third-order valence-corrected chi connectivity index (χ3v) is 1.67. The molecule has 0 saturated heterocycles. The molecular weight excluding hydrogens is 138 g/mol. The van der Waals surface area contributed by atoms with E-state index >= 15 is 0 Å². The molecule has 0 aliphatic carbocycles. The van der Waals surface area contributed by atoms with Crippen LogP contribution in [0.25, 0.3) is 0 Å². The van der Waals surface area contributed by atoms with E-state index in [4.69, 9.17) is 16.4 Å². The van der Waals surface area contributed by atoms with Crippen LogP contribution in [0.1, 0.15) is 13.3 Å². The summed E-state index contributed by atoms with van der Waals surface area (Å²) in [7, 11) is 1.62. The Morgan fingerprint density at radius 1 is 1.89 bits per heavy atom. The zero-order chi connectivity index (χ0) is 6.85. The van der Waals surface area contributed by atoms with Crippen molar-refractivity contribution in [3.8, 4) is 0 Å². The number of halogens is 1. The zero-order valence-electron chi connectivity index (χ0n) is 5.60. The highest BCUT2D eigenvalue weighted by Crippen LogP contribution is 2.23. The fourth-order valence-electron chi connectivity index (χ4n) is 0.874. The topological polar surface area (TPSA) is 12.5 Å². The highest BCUT2D eigenvalue weighted by Gasteiger charge is 2.19. The standard InChI is InChI=1S/C6H10ClNO/c1-5-3-6(7)8(4-5)9-2/h4,6H,3H2,1-2H3. The Balaban J connectivity index is 2.53. The van der Waals surface area contributed by atoms with Crippen LogP contribution in [0.15, 0.2) is 11.8 Å². The second-order valence-corrected chi connectivity index (χ2v) is 2.66. The van der Waals surface area contributed by atoms with E-state index in [2.05, 4.69) is 0 Å². The van der Waals surface area contributed by atoms with Crippen LogP contribution >= 0.6 is 11.6 Å². The quantitative estimate of drug-likeness (QED) is 0.414. The van der Waals surface area contributed by atoms with Gasteiger partial charge in [-0.05, 0) is 6.92 Å². The van der Waals surface area contributed by atoms with E-state index in [1.54, 1.807) is 12.2 Å². The van der Waals surface area contributed by atoms with Crippen LogP contribution < -0.4 is 0 Å². The number of nitrogens with zero attached hydrogens (tertiary/aromatic N) is 1. The Kier molecular flexibility index (Phi) is 1.98. The minimum Gasteiger partial charge on any atom is -0.276 e. The molecule has 1 aliphatic rings. The van der Waals surface area contributed by atoms with Crippen molar-refractivity contribution >= 4 is 11.6 Å². The summed E-state index contributed by atoms with van der Waals surface area (Å²) in [5, 5.41) is 1.65. The van der Waals surface area contributed by atoms with Gasteiger partial charge in [-0.25, -0.2) is 5.06 Å². The van der Waals surface area contributed by atoms with Crippen LogP contribution in [-0.4, -0.2) is 17.7 Å². The second kappa shape index (κ2) is 2.58. The number of hydrogen-bond acceptors (Lipinski definition) is 2. The van der Waals surface area contributed by atoms with Crippen molar-refractivity contribution in [3.63, 3.8) is 0 Å². The summed E-state index contributed by atoms with van der Waals surface area (Å²) in [6.07, 6.45) is 2.81. The van der Waals surface area contributed by atoms with Gasteiger partial charge < -0.3 is 0 Å². The highest BCUT2D eigenvalue weighted by atomic mass is 35.5. The maximum atomic E-state index is 5.82. The van der Waals surface area contributed by atoms with Crippen LogP contribution in [0.3, 0.4) is 0 Å². The van der Waals surface area contributed by atoms with Gasteiger partial charge in [-0.15, -0.1) is 0 Å². The molecule has 3 heteroatoms. The molecule has 0 aromatic rings. The monoisotopic (exact) mass is 147 g/mol. The largest absolute Gasteiger partial charge is 0.276 e. The number of hydroxylamine groups is 2. The molecule has 1 atom stereocenters. The van der Waals surface area contributed by atoms with Gasteiger partial charge in [0.2, 0.25) is 0 Å². The Labute approximate surface area is 60.0 Å². The molecule has 0 saturated carbocycles. The fraction of sp³-hybridized carbons (Fsp3) is 0.667. The fourth-order valence-corrected chi connectivity index (χ4v) is 1.25. The van der Waals surface area contributed by atoms with E-state index in [1.165, 1.54) is 5.57 Å². The lowest BCUT2D eigenvalue weighted by molar-refractivity contribution is -0.0908. The molecular formula is C6H10ClNO. The smallest absolute Gasteiger partial charge is 0.133 e. The zero-order valence-corrected chi connectivity index (χ0v) is 6.35. The summed E-state index contributed by atoms with van der Waals surface area (Å²) in [6, 6.07) is 0. The van der Waals surface area contributed by atoms with E-state index in [-0.39, 0.29) is 5.50 Å². The predicted molar refractivity (Wildman–Crippen MR) is 36.9 cm³/mol. The van der Waals surface area contributed by atoms with Gasteiger partial charge in [0.05, 0.1) is 7.11 Å². The molecule has 0 spiro atoms. The summed E-state index contributed by atoms with van der Waals surface area (Å²) < 4.78 is 0. The molecule has 1 aliphatic heterocycles. The molecule has 0 fully saturated rings. The summed E-state index contributed by atoms with van der Waals surface area (Å²) >= 11 is 5.82. The number of hydrogen-bond donors (Lipinski definition) is 0. The van der Waals surface area contributed by atoms with Crippen molar-refractivity contribution in [2.24, 2.45) is 0 Å². The van der Waals surface area contributed by atoms with Gasteiger partial charge in [0.15, 0.2) is 0 Å². The van der Waals surface area contributed by atoms with Gasteiger partial charge in [-0.1, -0.05) is 17.2 Å². The second-order valence-electron chi connectivity index (χ2n) is 2.16. The van der Waals surface area contributed by atoms with Gasteiger partial charge >= 0.3 is 0 Å². The minimum atomic E-state index is -0.00463. The first kappa shape index (κ1) is 6.90. The third-order valence-electron chi connectivity index (χ3n) is 1.32. The van der Waals surface area contributed by atoms with Crippen LogP contribution in [0.4, 0.5) is 0 Å². The number of rotatable bonds is 1.